The fourth-order valence-electron chi connectivity index (χ4n) is 0.678. The van der Waals surface area contributed by atoms with Crippen LogP contribution >= 0.6 is 11.8 Å². The Morgan fingerprint density at radius 3 is 2.29 bits per heavy atom. The van der Waals surface area contributed by atoms with Crippen LogP contribution in [-0.4, -0.2) is 22.9 Å². The normalized spacial score (nSPS) is 12.6. The van der Waals surface area contributed by atoms with E-state index in [1.807, 2.05) is 20.8 Å². The highest BCUT2D eigenvalue weighted by atomic mass is 32.2. The third kappa shape index (κ3) is 5.27. The molecule has 0 N–H and O–H groups in total. The van der Waals surface area contributed by atoms with E-state index >= 15 is 0 Å². The number of hydrogen-bond donors (Lipinski definition) is 0. The van der Waals surface area contributed by atoms with Gasteiger partial charge in [0, 0.05) is 5.92 Å². The van der Waals surface area contributed by atoms with E-state index in [-0.39, 0.29) is 17.0 Å². The maximum Gasteiger partial charge on any atom is 0.319 e. The van der Waals surface area contributed by atoms with E-state index in [2.05, 4.69) is 0 Å². The molecule has 1 unspecified atom stereocenters. The molecule has 14 heavy (non-hydrogen) atoms. The summed E-state index contributed by atoms with van der Waals surface area (Å²) in [5, 5.41) is -0.359. The minimum absolute atomic E-state index is 0.0333. The highest BCUT2D eigenvalue weighted by Gasteiger charge is 2.20. The van der Waals surface area contributed by atoms with Crippen LogP contribution in [0.1, 0.15) is 34.1 Å². The Hall–Kier alpha value is -0.510. The van der Waals surface area contributed by atoms with Gasteiger partial charge in [0.15, 0.2) is 5.12 Å². The summed E-state index contributed by atoms with van der Waals surface area (Å²) in [6.45, 7) is 7.70. The lowest BCUT2D eigenvalue weighted by atomic mass is 10.3. The molecule has 0 aromatic heterocycles. The molecule has 0 aromatic rings. The first kappa shape index (κ1) is 13.5. The van der Waals surface area contributed by atoms with E-state index in [0.29, 0.717) is 6.61 Å². The van der Waals surface area contributed by atoms with Crippen molar-refractivity contribution in [1.29, 1.82) is 0 Å². The van der Waals surface area contributed by atoms with Gasteiger partial charge >= 0.3 is 5.97 Å². The molecule has 0 aromatic carbocycles. The molecule has 0 saturated carbocycles. The summed E-state index contributed by atoms with van der Waals surface area (Å²) in [6, 6.07) is 0. The molecule has 1 atom stereocenters. The fourth-order valence-corrected chi connectivity index (χ4v) is 1.46. The molecule has 0 aliphatic carbocycles. The van der Waals surface area contributed by atoms with Gasteiger partial charge in [-0.2, -0.15) is 0 Å². The van der Waals surface area contributed by atoms with Gasteiger partial charge in [0.25, 0.3) is 0 Å². The van der Waals surface area contributed by atoms with Crippen molar-refractivity contribution in [2.75, 3.05) is 6.61 Å². The van der Waals surface area contributed by atoms with E-state index in [1.165, 1.54) is 0 Å². The third-order valence-electron chi connectivity index (χ3n) is 1.54. The van der Waals surface area contributed by atoms with E-state index in [9.17, 15) is 9.59 Å². The number of ether oxygens (including phenoxy) is 1. The van der Waals surface area contributed by atoms with Crippen LogP contribution in [0, 0.1) is 5.92 Å². The summed E-state index contributed by atoms with van der Waals surface area (Å²) < 4.78 is 4.92. The van der Waals surface area contributed by atoms with Gasteiger partial charge in [-0.25, -0.2) is 0 Å². The van der Waals surface area contributed by atoms with E-state index in [0.717, 1.165) is 18.2 Å². The molecular weight excluding hydrogens is 200 g/mol. The van der Waals surface area contributed by atoms with E-state index in [1.54, 1.807) is 6.92 Å². The number of rotatable bonds is 5. The topological polar surface area (TPSA) is 43.4 Å². The van der Waals surface area contributed by atoms with Crippen molar-refractivity contribution in [3.63, 3.8) is 0 Å². The second-order valence-electron chi connectivity index (χ2n) is 3.40. The molecule has 4 heteroatoms. The monoisotopic (exact) mass is 218 g/mol. The molecule has 0 aliphatic rings. The molecule has 0 rings (SSSR count). The van der Waals surface area contributed by atoms with Gasteiger partial charge in [-0.1, -0.05) is 32.5 Å². The van der Waals surface area contributed by atoms with Crippen molar-refractivity contribution in [3.05, 3.63) is 0 Å². The van der Waals surface area contributed by atoms with Gasteiger partial charge in [0.05, 0.1) is 6.61 Å². The zero-order chi connectivity index (χ0) is 11.1. The van der Waals surface area contributed by atoms with Gasteiger partial charge in [0.2, 0.25) is 0 Å². The summed E-state index contributed by atoms with van der Waals surface area (Å²) in [7, 11) is 0. The maximum atomic E-state index is 11.3. The van der Waals surface area contributed by atoms with E-state index < -0.39 is 5.25 Å². The van der Waals surface area contributed by atoms with Gasteiger partial charge in [0.1, 0.15) is 5.25 Å². The van der Waals surface area contributed by atoms with Gasteiger partial charge in [-0.3, -0.25) is 9.59 Å². The van der Waals surface area contributed by atoms with Gasteiger partial charge in [-0.05, 0) is 13.3 Å². The first-order valence-electron chi connectivity index (χ1n) is 4.86. The van der Waals surface area contributed by atoms with Crippen LogP contribution in [0.15, 0.2) is 0 Å². The Labute approximate surface area is 89.6 Å². The van der Waals surface area contributed by atoms with Crippen molar-refractivity contribution in [2.45, 2.75) is 39.4 Å². The van der Waals surface area contributed by atoms with Crippen molar-refractivity contribution in [1.82, 2.24) is 0 Å². The molecule has 82 valence electrons. The minimum Gasteiger partial charge on any atom is -0.465 e. The quantitative estimate of drug-likeness (QED) is 0.664. The first-order chi connectivity index (χ1) is 6.49. The van der Waals surface area contributed by atoms with Gasteiger partial charge in [-0.15, -0.1) is 0 Å². The Bertz CT molecular complexity index is 202. The molecule has 0 bridgehead atoms. The van der Waals surface area contributed by atoms with Gasteiger partial charge < -0.3 is 4.74 Å². The van der Waals surface area contributed by atoms with Crippen LogP contribution in [0.25, 0.3) is 0 Å². The Morgan fingerprint density at radius 1 is 1.29 bits per heavy atom. The Balaban J connectivity index is 3.89. The van der Waals surface area contributed by atoms with E-state index in [4.69, 9.17) is 4.74 Å². The second-order valence-corrected chi connectivity index (χ2v) is 4.75. The summed E-state index contributed by atoms with van der Waals surface area (Å²) >= 11 is 1.05. The molecular formula is C10H18O3S. The molecule has 0 saturated heterocycles. The van der Waals surface area contributed by atoms with Crippen molar-refractivity contribution >= 4 is 22.8 Å². The standard InChI is InChI=1S/C10H18O3S/c1-5-6-13-9(11)8(4)14-10(12)7(2)3/h7-8H,5-6H2,1-4H3. The zero-order valence-corrected chi connectivity index (χ0v) is 10.0. The SMILES string of the molecule is CCCOC(=O)C(C)SC(=O)C(C)C. The molecule has 0 amide bonds. The smallest absolute Gasteiger partial charge is 0.319 e. The largest absolute Gasteiger partial charge is 0.465 e. The van der Waals surface area contributed by atoms with Crippen LogP contribution in [0.3, 0.4) is 0 Å². The van der Waals surface area contributed by atoms with Crippen LogP contribution in [0.5, 0.6) is 0 Å². The molecule has 0 radical (unpaired) electrons. The molecule has 3 nitrogen and oxygen atoms in total. The number of hydrogen-bond acceptors (Lipinski definition) is 4. The predicted octanol–water partition coefficient (Wildman–Crippen LogP) is 2.24. The van der Waals surface area contributed by atoms with Crippen LogP contribution in [0.2, 0.25) is 0 Å². The number of esters is 1. The summed E-state index contributed by atoms with van der Waals surface area (Å²) in [5.74, 6) is -0.340. The van der Waals surface area contributed by atoms with Crippen LogP contribution < -0.4 is 0 Å². The summed E-state index contributed by atoms with van der Waals surface area (Å²) in [6.07, 6.45) is 0.807. The summed E-state index contributed by atoms with van der Waals surface area (Å²) in [4.78, 5) is 22.6. The lowest BCUT2D eigenvalue weighted by molar-refractivity contribution is -0.142. The Morgan fingerprint density at radius 2 is 1.86 bits per heavy atom. The van der Waals surface area contributed by atoms with Crippen molar-refractivity contribution in [2.24, 2.45) is 5.92 Å². The molecule has 0 heterocycles. The molecule has 0 spiro atoms. The number of carbonyl (C=O) groups is 2. The highest BCUT2D eigenvalue weighted by Crippen LogP contribution is 2.17. The van der Waals surface area contributed by atoms with Crippen LogP contribution in [0.4, 0.5) is 0 Å². The third-order valence-corrected chi connectivity index (χ3v) is 2.79. The highest BCUT2D eigenvalue weighted by molar-refractivity contribution is 8.14. The number of carbonyl (C=O) groups excluding carboxylic acids is 2. The van der Waals surface area contributed by atoms with Crippen LogP contribution in [-0.2, 0) is 14.3 Å². The molecule has 0 aliphatic heterocycles. The minimum atomic E-state index is -0.392. The molecule has 0 fully saturated rings. The average Bonchev–Trinajstić information content (AvgIpc) is 2.13. The van der Waals surface area contributed by atoms with Crippen molar-refractivity contribution in [3.8, 4) is 0 Å². The maximum absolute atomic E-state index is 11.3. The fraction of sp³-hybridized carbons (Fsp3) is 0.800. The van der Waals surface area contributed by atoms with Crippen molar-refractivity contribution < 1.29 is 14.3 Å². The lowest BCUT2D eigenvalue weighted by Gasteiger charge is -2.10. The first-order valence-corrected chi connectivity index (χ1v) is 5.74. The second kappa shape index (κ2) is 6.87. The Kier molecular flexibility index (Phi) is 6.62. The number of thioether (sulfide) groups is 1. The summed E-state index contributed by atoms with van der Waals surface area (Å²) in [5.41, 5.74) is 0. The lowest BCUT2D eigenvalue weighted by Crippen LogP contribution is -2.20. The average molecular weight is 218 g/mol. The zero-order valence-electron chi connectivity index (χ0n) is 9.20. The predicted molar refractivity (Wildman–Crippen MR) is 58.1 cm³/mol.